The minimum Gasteiger partial charge on any atom is -0.454 e. The van der Waals surface area contributed by atoms with Gasteiger partial charge in [-0.3, -0.25) is 9.59 Å². The predicted molar refractivity (Wildman–Crippen MR) is 121 cm³/mol. The highest BCUT2D eigenvalue weighted by atomic mass is 35.5. The fraction of sp³-hybridized carbons (Fsp3) is 0.182. The van der Waals surface area contributed by atoms with Crippen molar-refractivity contribution >= 4 is 29.2 Å². The second kappa shape index (κ2) is 9.39. The Morgan fingerprint density at radius 1 is 1.12 bits per heavy atom. The van der Waals surface area contributed by atoms with Crippen molar-refractivity contribution < 1.29 is 18.7 Å². The Kier molecular flexibility index (Phi) is 6.38. The summed E-state index contributed by atoms with van der Waals surface area (Å²) in [6, 6.07) is 11.5. The summed E-state index contributed by atoms with van der Waals surface area (Å²) in [5.74, 6) is -0.841. The van der Waals surface area contributed by atoms with E-state index in [4.69, 9.17) is 27.8 Å². The fourth-order valence-corrected chi connectivity index (χ4v) is 3.59. The number of nitrogens with one attached hydrogen (secondary N) is 1. The van der Waals surface area contributed by atoms with Crippen molar-refractivity contribution in [1.29, 1.82) is 0 Å². The van der Waals surface area contributed by atoms with Gasteiger partial charge in [0.2, 0.25) is 5.91 Å². The first-order valence-corrected chi connectivity index (χ1v) is 10.4. The number of amides is 2. The molecule has 3 aromatic rings. The van der Waals surface area contributed by atoms with Crippen LogP contribution in [0.15, 0.2) is 48.5 Å². The maximum absolute atomic E-state index is 14.0. The largest absolute Gasteiger partial charge is 0.454 e. The number of ether oxygens (including phenoxy) is 1. The van der Waals surface area contributed by atoms with Crippen LogP contribution in [0, 0.1) is 5.82 Å². The highest BCUT2D eigenvalue weighted by Gasteiger charge is 2.29. The summed E-state index contributed by atoms with van der Waals surface area (Å²) in [4.78, 5) is 34.3. The molecule has 2 aromatic carbocycles. The molecule has 33 heavy (non-hydrogen) atoms. The number of anilines is 1. The van der Waals surface area contributed by atoms with Crippen LogP contribution in [0.25, 0.3) is 11.4 Å². The van der Waals surface area contributed by atoms with Crippen LogP contribution in [0.4, 0.5) is 10.2 Å². The number of carbonyl (C=O) groups excluding carboxylic acids is 2. The first-order chi connectivity index (χ1) is 15.8. The summed E-state index contributed by atoms with van der Waals surface area (Å²) in [7, 11) is 0. The van der Waals surface area contributed by atoms with Gasteiger partial charge in [-0.15, -0.1) is 0 Å². The molecule has 170 valence electrons. The minimum atomic E-state index is -0.733. The number of halogens is 2. The molecule has 0 aliphatic carbocycles. The second-order valence-corrected chi connectivity index (χ2v) is 7.75. The minimum absolute atomic E-state index is 0.000292. The molecule has 1 aliphatic rings. The first kappa shape index (κ1) is 22.4. The lowest BCUT2D eigenvalue weighted by atomic mass is 10.1. The van der Waals surface area contributed by atoms with E-state index in [1.54, 1.807) is 29.2 Å². The van der Waals surface area contributed by atoms with Crippen molar-refractivity contribution in [2.75, 3.05) is 24.5 Å². The third kappa shape index (κ3) is 5.02. The lowest BCUT2D eigenvalue weighted by Crippen LogP contribution is -2.57. The van der Waals surface area contributed by atoms with Crippen LogP contribution < -0.4 is 26.4 Å². The van der Waals surface area contributed by atoms with Gasteiger partial charge in [-0.2, -0.15) is 0 Å². The molecule has 1 atom stereocenters. The molecule has 4 rings (SSSR count). The standard InChI is InChI=1S/C22H20ClFN6O3/c23-13-3-6-18(15(24)9-13)33-14-4-1-12(2-5-14)22-28-16(20(25)31)10-19(29-22)30-8-7-27-11-17(30)21(26)32/h1-6,9-10,17,27H,7-8,11H2,(H2,25,31)(H2,26,32). The molecular formula is C22H20ClFN6O3. The number of hydrogen-bond acceptors (Lipinski definition) is 7. The molecule has 1 aromatic heterocycles. The topological polar surface area (TPSA) is 136 Å². The van der Waals surface area contributed by atoms with Crippen LogP contribution in [0.5, 0.6) is 11.5 Å². The number of piperazine rings is 1. The van der Waals surface area contributed by atoms with Crippen molar-refractivity contribution in [2.45, 2.75) is 6.04 Å². The number of aromatic nitrogens is 2. The number of rotatable bonds is 6. The number of hydrogen-bond donors (Lipinski definition) is 3. The zero-order chi connectivity index (χ0) is 23.5. The number of nitrogens with two attached hydrogens (primary N) is 2. The lowest BCUT2D eigenvalue weighted by Gasteiger charge is -2.35. The van der Waals surface area contributed by atoms with Crippen LogP contribution in [-0.2, 0) is 4.79 Å². The van der Waals surface area contributed by atoms with Crippen LogP contribution in [0.2, 0.25) is 5.02 Å². The molecule has 1 aliphatic heterocycles. The summed E-state index contributed by atoms with van der Waals surface area (Å²) in [6.45, 7) is 1.43. The predicted octanol–water partition coefficient (Wildman–Crippen LogP) is 2.09. The summed E-state index contributed by atoms with van der Waals surface area (Å²) in [5, 5.41) is 3.37. The van der Waals surface area contributed by atoms with Gasteiger partial charge in [-0.1, -0.05) is 11.6 Å². The molecule has 1 saturated heterocycles. The smallest absolute Gasteiger partial charge is 0.267 e. The molecule has 1 unspecified atom stereocenters. The van der Waals surface area contributed by atoms with Gasteiger partial charge in [0.1, 0.15) is 23.3 Å². The summed E-state index contributed by atoms with van der Waals surface area (Å²) in [5.41, 5.74) is 11.6. The Balaban J connectivity index is 1.65. The van der Waals surface area contributed by atoms with Crippen LogP contribution in [-0.4, -0.2) is 47.5 Å². The maximum atomic E-state index is 14.0. The molecule has 5 N–H and O–H groups in total. The summed E-state index contributed by atoms with van der Waals surface area (Å²) in [6.07, 6.45) is 0. The molecule has 9 nitrogen and oxygen atoms in total. The van der Waals surface area contributed by atoms with Gasteiger partial charge in [0.05, 0.1) is 0 Å². The van der Waals surface area contributed by atoms with E-state index >= 15 is 0 Å². The normalized spacial score (nSPS) is 15.8. The Morgan fingerprint density at radius 3 is 2.55 bits per heavy atom. The van der Waals surface area contributed by atoms with Gasteiger partial charge in [-0.25, -0.2) is 14.4 Å². The van der Waals surface area contributed by atoms with E-state index in [1.807, 2.05) is 0 Å². The van der Waals surface area contributed by atoms with E-state index in [0.29, 0.717) is 36.8 Å². The van der Waals surface area contributed by atoms with E-state index < -0.39 is 23.7 Å². The number of carbonyl (C=O) groups is 2. The maximum Gasteiger partial charge on any atom is 0.267 e. The zero-order valence-corrected chi connectivity index (χ0v) is 18.1. The molecule has 1 fully saturated rings. The third-order valence-electron chi connectivity index (χ3n) is 5.07. The Hall–Kier alpha value is -3.76. The molecule has 0 saturated carbocycles. The summed E-state index contributed by atoms with van der Waals surface area (Å²) < 4.78 is 19.6. The van der Waals surface area contributed by atoms with Crippen molar-refractivity contribution in [3.63, 3.8) is 0 Å². The van der Waals surface area contributed by atoms with Crippen molar-refractivity contribution in [2.24, 2.45) is 11.5 Å². The van der Waals surface area contributed by atoms with E-state index in [1.165, 1.54) is 18.2 Å². The quantitative estimate of drug-likeness (QED) is 0.501. The SMILES string of the molecule is NC(=O)c1cc(N2CCNCC2C(N)=O)nc(-c2ccc(Oc3ccc(Cl)cc3F)cc2)n1. The number of primary amides is 2. The van der Waals surface area contributed by atoms with Gasteiger partial charge in [-0.05, 0) is 42.5 Å². The van der Waals surface area contributed by atoms with Crippen molar-refractivity contribution in [3.8, 4) is 22.9 Å². The Bertz CT molecular complexity index is 1210. The number of benzene rings is 2. The molecule has 2 heterocycles. The zero-order valence-electron chi connectivity index (χ0n) is 17.3. The Labute approximate surface area is 193 Å². The molecule has 2 amide bonds. The molecule has 0 spiro atoms. The molecular weight excluding hydrogens is 451 g/mol. The highest BCUT2D eigenvalue weighted by Crippen LogP contribution is 2.29. The van der Waals surface area contributed by atoms with Gasteiger partial charge in [0.15, 0.2) is 17.4 Å². The van der Waals surface area contributed by atoms with Gasteiger partial charge in [0.25, 0.3) is 5.91 Å². The van der Waals surface area contributed by atoms with Crippen molar-refractivity contribution in [3.05, 3.63) is 65.1 Å². The number of nitrogens with zero attached hydrogens (tertiary/aromatic N) is 3. The van der Waals surface area contributed by atoms with E-state index in [0.717, 1.165) is 6.07 Å². The van der Waals surface area contributed by atoms with E-state index in [-0.39, 0.29) is 22.3 Å². The van der Waals surface area contributed by atoms with Crippen LogP contribution in [0.3, 0.4) is 0 Å². The molecule has 0 bridgehead atoms. The molecule has 0 radical (unpaired) electrons. The fourth-order valence-electron chi connectivity index (χ4n) is 3.43. The molecule has 11 heteroatoms. The Morgan fingerprint density at radius 2 is 1.88 bits per heavy atom. The summed E-state index contributed by atoms with van der Waals surface area (Å²) >= 11 is 5.76. The van der Waals surface area contributed by atoms with Crippen LogP contribution >= 0.6 is 11.6 Å². The van der Waals surface area contributed by atoms with Gasteiger partial charge < -0.3 is 26.4 Å². The third-order valence-corrected chi connectivity index (χ3v) is 5.30. The van der Waals surface area contributed by atoms with E-state index in [9.17, 15) is 14.0 Å². The van der Waals surface area contributed by atoms with Gasteiger partial charge >= 0.3 is 0 Å². The average molecular weight is 471 g/mol. The van der Waals surface area contributed by atoms with Crippen molar-refractivity contribution in [1.82, 2.24) is 15.3 Å². The first-order valence-electron chi connectivity index (χ1n) is 10.0. The van der Waals surface area contributed by atoms with Crippen LogP contribution in [0.1, 0.15) is 10.5 Å². The van der Waals surface area contributed by atoms with Gasteiger partial charge in [0, 0.05) is 36.3 Å². The average Bonchev–Trinajstić information content (AvgIpc) is 2.81. The van der Waals surface area contributed by atoms with E-state index in [2.05, 4.69) is 15.3 Å². The lowest BCUT2D eigenvalue weighted by molar-refractivity contribution is -0.119. The second-order valence-electron chi connectivity index (χ2n) is 7.32. The monoisotopic (exact) mass is 470 g/mol. The highest BCUT2D eigenvalue weighted by molar-refractivity contribution is 6.30.